The van der Waals surface area contributed by atoms with E-state index in [1.165, 1.54) is 128 Å². The van der Waals surface area contributed by atoms with Crippen LogP contribution in [0.15, 0.2) is 36.5 Å². The molecule has 0 radical (unpaired) electrons. The van der Waals surface area contributed by atoms with Crippen molar-refractivity contribution in [2.24, 2.45) is 5.73 Å². The van der Waals surface area contributed by atoms with Crippen LogP contribution >= 0.6 is 7.82 Å². The number of phosphoric ester groups is 1. The highest BCUT2D eigenvalue weighted by atomic mass is 31.2. The van der Waals surface area contributed by atoms with Gasteiger partial charge in [0.1, 0.15) is 12.1 Å². The zero-order valence-corrected chi connectivity index (χ0v) is 37.3. The first-order valence-electron chi connectivity index (χ1n) is 23.0. The second-order valence-electron chi connectivity index (χ2n) is 15.5. The molecular weight excluding hydrogens is 741 g/mol. The van der Waals surface area contributed by atoms with Gasteiger partial charge in [0, 0.05) is 13.0 Å². The number of hydrogen-bond acceptors (Lipinski definition) is 8. The normalized spacial score (nSPS) is 14.2. The number of allylic oxidation sites excluding steroid dienone is 6. The Balaban J connectivity index is 4.21. The molecule has 4 N–H and O–H groups in total. The van der Waals surface area contributed by atoms with E-state index in [0.717, 1.165) is 51.4 Å². The zero-order chi connectivity index (χ0) is 41.9. The Kier molecular flexibility index (Phi) is 41.0. The molecule has 0 aromatic rings. The fraction of sp³-hybridized carbons (Fsp3) is 0.826. The van der Waals surface area contributed by atoms with Gasteiger partial charge in [0.15, 0.2) is 0 Å². The van der Waals surface area contributed by atoms with E-state index in [1.807, 2.05) is 0 Å². The molecule has 10 nitrogen and oxygen atoms in total. The third-order valence-electron chi connectivity index (χ3n) is 9.92. The van der Waals surface area contributed by atoms with Crippen LogP contribution in [0, 0.1) is 0 Å². The molecule has 0 aromatic carbocycles. The highest BCUT2D eigenvalue weighted by molar-refractivity contribution is 7.47. The molecule has 0 saturated carbocycles. The lowest BCUT2D eigenvalue weighted by Gasteiger charge is -2.20. The molecule has 0 saturated heterocycles. The van der Waals surface area contributed by atoms with Crippen LogP contribution in [0.5, 0.6) is 0 Å². The van der Waals surface area contributed by atoms with Crippen LogP contribution in [-0.2, 0) is 32.7 Å². The van der Waals surface area contributed by atoms with Gasteiger partial charge in [-0.25, -0.2) is 4.57 Å². The molecule has 0 heterocycles. The summed E-state index contributed by atoms with van der Waals surface area (Å²) in [5.74, 6) is -1.78. The van der Waals surface area contributed by atoms with E-state index in [1.54, 1.807) is 0 Å². The molecule has 0 aromatic heterocycles. The third-order valence-corrected chi connectivity index (χ3v) is 10.9. The third kappa shape index (κ3) is 42.1. The van der Waals surface area contributed by atoms with E-state index in [-0.39, 0.29) is 13.0 Å². The lowest BCUT2D eigenvalue weighted by atomic mass is 10.0. The molecule has 0 rings (SSSR count). The standard InChI is InChI=1S/C46H86NO9P/c1-3-5-7-9-11-13-15-17-19-20-21-22-23-25-27-29-31-33-35-37-39-53-40-43(41-54-57(51,52)55-42-44(47)46(49)50)56-45(48)38-36-34-32-30-28-26-24-18-16-14-12-10-8-6-4-2/h11,13,17,19,21-22,43-44H,3-10,12,14-16,18,20,23-42,47H2,1-2H3,(H,49,50)(H,51,52)/b13-11-,19-17-,22-21-. The van der Waals surface area contributed by atoms with E-state index < -0.39 is 45.1 Å². The summed E-state index contributed by atoms with van der Waals surface area (Å²) in [7, 11) is -4.62. The van der Waals surface area contributed by atoms with Gasteiger partial charge in [0.05, 0.1) is 19.8 Å². The summed E-state index contributed by atoms with van der Waals surface area (Å²) >= 11 is 0. The maximum absolute atomic E-state index is 12.6. The van der Waals surface area contributed by atoms with Crippen molar-refractivity contribution >= 4 is 19.8 Å². The maximum Gasteiger partial charge on any atom is 0.472 e. The molecular formula is C46H86NO9P. The maximum atomic E-state index is 12.6. The second kappa shape index (κ2) is 42.3. The van der Waals surface area contributed by atoms with Crippen molar-refractivity contribution in [3.63, 3.8) is 0 Å². The lowest BCUT2D eigenvalue weighted by molar-refractivity contribution is -0.154. The molecule has 0 aliphatic carbocycles. The summed E-state index contributed by atoms with van der Waals surface area (Å²) in [6.07, 6.45) is 47.6. The number of unbranched alkanes of at least 4 members (excludes halogenated alkanes) is 24. The fourth-order valence-electron chi connectivity index (χ4n) is 6.32. The minimum atomic E-state index is -4.62. The predicted molar refractivity (Wildman–Crippen MR) is 235 cm³/mol. The number of ether oxygens (including phenoxy) is 2. The molecule has 0 aliphatic heterocycles. The minimum absolute atomic E-state index is 0.0126. The second-order valence-corrected chi connectivity index (χ2v) is 17.0. The van der Waals surface area contributed by atoms with Crippen molar-refractivity contribution in [1.82, 2.24) is 0 Å². The van der Waals surface area contributed by atoms with Crippen LogP contribution in [0.4, 0.5) is 0 Å². The first-order chi connectivity index (χ1) is 27.7. The van der Waals surface area contributed by atoms with E-state index in [9.17, 15) is 19.0 Å². The van der Waals surface area contributed by atoms with Crippen molar-refractivity contribution in [3.8, 4) is 0 Å². The first-order valence-corrected chi connectivity index (χ1v) is 24.5. The summed E-state index contributed by atoms with van der Waals surface area (Å²) in [5.41, 5.74) is 5.36. The average Bonchev–Trinajstić information content (AvgIpc) is 3.19. The van der Waals surface area contributed by atoms with Crippen LogP contribution in [0.3, 0.4) is 0 Å². The van der Waals surface area contributed by atoms with Gasteiger partial charge in [-0.3, -0.25) is 18.6 Å². The SMILES string of the molecule is CCCCC/C=C\C/C=C\C/C=C\CCCCCCCCCOCC(COP(=O)(O)OCC(N)C(=O)O)OC(=O)CCCCCCCCCCCCCCCCC. The number of carbonyl (C=O) groups excluding carboxylic acids is 1. The molecule has 3 unspecified atom stereocenters. The minimum Gasteiger partial charge on any atom is -0.480 e. The molecule has 0 bridgehead atoms. The van der Waals surface area contributed by atoms with Gasteiger partial charge in [-0.05, 0) is 51.4 Å². The molecule has 0 aliphatic rings. The number of carbonyl (C=O) groups is 2. The molecule has 3 atom stereocenters. The number of esters is 1. The number of carboxylic acid groups (broad SMARTS) is 1. The zero-order valence-electron chi connectivity index (χ0n) is 36.4. The smallest absolute Gasteiger partial charge is 0.472 e. The predicted octanol–water partition coefficient (Wildman–Crippen LogP) is 12.9. The summed E-state index contributed by atoms with van der Waals surface area (Å²) in [6.45, 7) is 3.85. The van der Waals surface area contributed by atoms with Crippen molar-refractivity contribution in [2.75, 3.05) is 26.4 Å². The van der Waals surface area contributed by atoms with Gasteiger partial charge in [0.2, 0.25) is 0 Å². The van der Waals surface area contributed by atoms with Gasteiger partial charge in [-0.2, -0.15) is 0 Å². The number of rotatable bonds is 44. The van der Waals surface area contributed by atoms with Gasteiger partial charge in [-0.15, -0.1) is 0 Å². The van der Waals surface area contributed by atoms with E-state index in [4.69, 9.17) is 29.4 Å². The summed E-state index contributed by atoms with van der Waals surface area (Å²) in [4.78, 5) is 33.6. The molecule has 11 heteroatoms. The van der Waals surface area contributed by atoms with Crippen LogP contribution in [0.1, 0.15) is 206 Å². The highest BCUT2D eigenvalue weighted by Crippen LogP contribution is 2.43. The summed E-state index contributed by atoms with van der Waals surface area (Å²) < 4.78 is 33.4. The topological polar surface area (TPSA) is 155 Å². The van der Waals surface area contributed by atoms with Crippen LogP contribution < -0.4 is 5.73 Å². The summed E-state index contributed by atoms with van der Waals surface area (Å²) in [6, 6.07) is -1.47. The van der Waals surface area contributed by atoms with Gasteiger partial charge < -0.3 is 25.2 Å². The first kappa shape index (κ1) is 55.2. The monoisotopic (exact) mass is 828 g/mol. The Morgan fingerprint density at radius 3 is 1.47 bits per heavy atom. The van der Waals surface area contributed by atoms with E-state index in [0.29, 0.717) is 13.0 Å². The number of carboxylic acids is 1. The highest BCUT2D eigenvalue weighted by Gasteiger charge is 2.27. The molecule has 57 heavy (non-hydrogen) atoms. The fourth-order valence-corrected chi connectivity index (χ4v) is 7.10. The Morgan fingerprint density at radius 1 is 0.561 bits per heavy atom. The number of hydrogen-bond donors (Lipinski definition) is 3. The van der Waals surface area contributed by atoms with Crippen molar-refractivity contribution in [2.45, 2.75) is 219 Å². The van der Waals surface area contributed by atoms with Crippen LogP contribution in [0.2, 0.25) is 0 Å². The average molecular weight is 828 g/mol. The largest absolute Gasteiger partial charge is 0.480 e. The van der Waals surface area contributed by atoms with Crippen LogP contribution in [0.25, 0.3) is 0 Å². The Morgan fingerprint density at radius 2 is 0.965 bits per heavy atom. The van der Waals surface area contributed by atoms with Crippen molar-refractivity contribution in [3.05, 3.63) is 36.5 Å². The quantitative estimate of drug-likeness (QED) is 0.0234. The Bertz CT molecular complexity index is 1050. The Hall–Kier alpha value is -1.81. The molecule has 0 spiro atoms. The molecule has 0 amide bonds. The summed E-state index contributed by atoms with van der Waals surface area (Å²) in [5, 5.41) is 8.90. The van der Waals surface area contributed by atoms with E-state index >= 15 is 0 Å². The number of nitrogens with two attached hydrogens (primary N) is 1. The van der Waals surface area contributed by atoms with Gasteiger partial charge in [0.25, 0.3) is 0 Å². The number of aliphatic carboxylic acids is 1. The molecule has 334 valence electrons. The Labute approximate surface area is 348 Å². The van der Waals surface area contributed by atoms with Crippen LogP contribution in [-0.4, -0.2) is 60.5 Å². The van der Waals surface area contributed by atoms with Crippen molar-refractivity contribution in [1.29, 1.82) is 0 Å². The van der Waals surface area contributed by atoms with E-state index in [2.05, 4.69) is 50.3 Å². The van der Waals surface area contributed by atoms with Gasteiger partial charge in [-0.1, -0.05) is 185 Å². The number of phosphoric acid groups is 1. The molecule has 0 fully saturated rings. The lowest BCUT2D eigenvalue weighted by Crippen LogP contribution is -2.34. The van der Waals surface area contributed by atoms with Gasteiger partial charge >= 0.3 is 19.8 Å². The van der Waals surface area contributed by atoms with Crippen molar-refractivity contribution < 1.29 is 42.7 Å².